The van der Waals surface area contributed by atoms with Crippen molar-refractivity contribution in [1.29, 1.82) is 0 Å². The van der Waals surface area contributed by atoms with Gasteiger partial charge in [0.2, 0.25) is 0 Å². The summed E-state index contributed by atoms with van der Waals surface area (Å²) in [6.07, 6.45) is 20.2. The highest BCUT2D eigenvalue weighted by atomic mass is 32.1. The van der Waals surface area contributed by atoms with E-state index in [9.17, 15) is 0 Å². The minimum absolute atomic E-state index is 0. The van der Waals surface area contributed by atoms with Gasteiger partial charge in [0.25, 0.3) is 0 Å². The Labute approximate surface area is 147 Å². The van der Waals surface area contributed by atoms with Crippen molar-refractivity contribution in [2.24, 2.45) is 29.6 Å². The summed E-state index contributed by atoms with van der Waals surface area (Å²) in [6.45, 7) is 6.45. The van der Waals surface area contributed by atoms with E-state index in [4.69, 9.17) is 0 Å². The summed E-state index contributed by atoms with van der Waals surface area (Å²) >= 11 is 0. The first-order valence-electron chi connectivity index (χ1n) is 10.3. The summed E-state index contributed by atoms with van der Waals surface area (Å²) in [5, 5.41) is 0. The van der Waals surface area contributed by atoms with Crippen molar-refractivity contribution in [2.75, 3.05) is 0 Å². The van der Waals surface area contributed by atoms with Crippen molar-refractivity contribution < 1.29 is 0 Å². The smallest absolute Gasteiger partial charge is 0.0386 e. The molecule has 0 heterocycles. The van der Waals surface area contributed by atoms with E-state index >= 15 is 0 Å². The Morgan fingerprint density at radius 3 is 1.18 bits per heavy atom. The van der Waals surface area contributed by atoms with Crippen LogP contribution in [0.1, 0.15) is 104 Å². The summed E-state index contributed by atoms with van der Waals surface area (Å²) in [7, 11) is 0. The third-order valence-corrected chi connectivity index (χ3v) is 6.86. The Kier molecular flexibility index (Phi) is 10.2. The Balaban J connectivity index is 0.000000775. The van der Waals surface area contributed by atoms with E-state index in [1.54, 1.807) is 51.4 Å². The van der Waals surface area contributed by atoms with Gasteiger partial charge in [-0.1, -0.05) is 65.7 Å². The lowest BCUT2D eigenvalue weighted by Crippen LogP contribution is -2.28. The second-order valence-electron chi connectivity index (χ2n) is 8.09. The molecule has 0 bridgehead atoms. The average molecular weight is 327 g/mol. The molecule has 0 aromatic heterocycles. The van der Waals surface area contributed by atoms with Crippen molar-refractivity contribution in [1.82, 2.24) is 0 Å². The molecule has 0 amide bonds. The molecule has 0 spiro atoms. The number of hydrogen-bond donors (Lipinski definition) is 0. The second kappa shape index (κ2) is 11.0. The van der Waals surface area contributed by atoms with Crippen LogP contribution in [0.3, 0.4) is 0 Å². The van der Waals surface area contributed by atoms with Crippen molar-refractivity contribution in [3.05, 3.63) is 0 Å². The zero-order valence-electron chi connectivity index (χ0n) is 15.6. The fraction of sp³-hybridized carbons (Fsp3) is 1.00. The molecule has 132 valence electrons. The molecule has 0 unspecified atom stereocenters. The minimum atomic E-state index is 0. The highest BCUT2D eigenvalue weighted by Crippen LogP contribution is 2.45. The molecule has 0 aromatic carbocycles. The molecule has 0 aliphatic heterocycles. The van der Waals surface area contributed by atoms with Gasteiger partial charge in [0.1, 0.15) is 0 Å². The first kappa shape index (κ1) is 20.4. The van der Waals surface area contributed by atoms with Crippen molar-refractivity contribution in [3.63, 3.8) is 0 Å². The van der Waals surface area contributed by atoms with Crippen LogP contribution in [0.5, 0.6) is 0 Å². The van der Waals surface area contributed by atoms with E-state index in [0.717, 1.165) is 29.6 Å². The third kappa shape index (κ3) is 5.77. The van der Waals surface area contributed by atoms with E-state index in [1.807, 2.05) is 13.8 Å². The Morgan fingerprint density at radius 2 is 0.773 bits per heavy atom. The molecule has 3 rings (SSSR count). The van der Waals surface area contributed by atoms with Crippen molar-refractivity contribution >= 4 is 13.5 Å². The van der Waals surface area contributed by atoms with Gasteiger partial charge in [-0.05, 0) is 68.1 Å². The summed E-state index contributed by atoms with van der Waals surface area (Å²) in [5.74, 6) is 5.51. The van der Waals surface area contributed by atoms with Gasteiger partial charge in [0.05, 0.1) is 0 Å². The van der Waals surface area contributed by atoms with Crippen LogP contribution in [0.2, 0.25) is 0 Å². The molecule has 0 radical (unpaired) electrons. The molecule has 0 nitrogen and oxygen atoms in total. The maximum atomic E-state index is 2.45. The lowest BCUT2D eigenvalue weighted by atomic mass is 9.66. The summed E-state index contributed by atoms with van der Waals surface area (Å²) in [6, 6.07) is 0. The molecule has 3 fully saturated rings. The first-order chi connectivity index (χ1) is 10.3. The van der Waals surface area contributed by atoms with Gasteiger partial charge >= 0.3 is 0 Å². The SMILES string of the molecule is CC.CC1CCC(C2CCC(C3CCCCC3)CC2)CC1.S. The van der Waals surface area contributed by atoms with Crippen molar-refractivity contribution in [2.45, 2.75) is 104 Å². The zero-order chi connectivity index (χ0) is 15.1. The summed E-state index contributed by atoms with van der Waals surface area (Å²) in [4.78, 5) is 0. The molecule has 3 saturated carbocycles. The third-order valence-electron chi connectivity index (χ3n) is 6.86. The van der Waals surface area contributed by atoms with Gasteiger partial charge in [0.15, 0.2) is 0 Å². The van der Waals surface area contributed by atoms with Gasteiger partial charge in [-0.15, -0.1) is 0 Å². The summed E-state index contributed by atoms with van der Waals surface area (Å²) < 4.78 is 0. The van der Waals surface area contributed by atoms with Gasteiger partial charge in [-0.3, -0.25) is 0 Å². The van der Waals surface area contributed by atoms with Crippen LogP contribution in [-0.2, 0) is 0 Å². The maximum absolute atomic E-state index is 2.45. The number of rotatable bonds is 2. The standard InChI is InChI=1S/C19H34.C2H6.H2S/c1-15-7-9-17(10-8-15)19-13-11-18(12-14-19)16-5-3-2-4-6-16;1-2;/h15-19H,2-14H2,1H3;1-2H3;1H2. The number of hydrogen-bond acceptors (Lipinski definition) is 0. The Morgan fingerprint density at radius 1 is 0.455 bits per heavy atom. The molecule has 0 aromatic rings. The topological polar surface area (TPSA) is 0 Å². The van der Waals surface area contributed by atoms with E-state index < -0.39 is 0 Å². The van der Waals surface area contributed by atoms with E-state index in [0.29, 0.717) is 0 Å². The molecule has 22 heavy (non-hydrogen) atoms. The van der Waals surface area contributed by atoms with Gasteiger partial charge in [-0.25, -0.2) is 0 Å². The molecule has 0 atom stereocenters. The highest BCUT2D eigenvalue weighted by molar-refractivity contribution is 7.59. The normalized spacial score (nSPS) is 36.7. The average Bonchev–Trinajstić information content (AvgIpc) is 2.58. The molecule has 3 aliphatic rings. The van der Waals surface area contributed by atoms with Crippen LogP contribution in [0, 0.1) is 29.6 Å². The van der Waals surface area contributed by atoms with Gasteiger partial charge < -0.3 is 0 Å². The van der Waals surface area contributed by atoms with Crippen molar-refractivity contribution in [3.8, 4) is 0 Å². The Bertz CT molecular complexity index is 253. The van der Waals surface area contributed by atoms with E-state index in [1.165, 1.54) is 32.1 Å². The molecule has 0 N–H and O–H groups in total. The predicted molar refractivity (Wildman–Crippen MR) is 105 cm³/mol. The van der Waals surface area contributed by atoms with Crippen LogP contribution < -0.4 is 0 Å². The molecule has 1 heteroatoms. The first-order valence-corrected chi connectivity index (χ1v) is 10.3. The van der Waals surface area contributed by atoms with Crippen LogP contribution in [0.15, 0.2) is 0 Å². The lowest BCUT2D eigenvalue weighted by Gasteiger charge is -2.40. The molecule has 3 aliphatic carbocycles. The van der Waals surface area contributed by atoms with Crippen LogP contribution in [-0.4, -0.2) is 0 Å². The monoisotopic (exact) mass is 326 g/mol. The van der Waals surface area contributed by atoms with Gasteiger partial charge in [-0.2, -0.15) is 13.5 Å². The quantitative estimate of drug-likeness (QED) is 0.498. The zero-order valence-corrected chi connectivity index (χ0v) is 16.6. The summed E-state index contributed by atoms with van der Waals surface area (Å²) in [5.41, 5.74) is 0. The van der Waals surface area contributed by atoms with E-state index in [-0.39, 0.29) is 13.5 Å². The Hall–Kier alpha value is 0.350. The predicted octanol–water partition coefficient (Wildman–Crippen LogP) is 7.34. The fourth-order valence-corrected chi connectivity index (χ4v) is 5.45. The molecular formula is C21H42S. The minimum Gasteiger partial charge on any atom is -0.197 e. The van der Waals surface area contributed by atoms with Crippen LogP contribution in [0.4, 0.5) is 0 Å². The van der Waals surface area contributed by atoms with Crippen LogP contribution >= 0.6 is 13.5 Å². The highest BCUT2D eigenvalue weighted by Gasteiger charge is 2.32. The van der Waals surface area contributed by atoms with Crippen LogP contribution in [0.25, 0.3) is 0 Å². The fourth-order valence-electron chi connectivity index (χ4n) is 5.45. The lowest BCUT2D eigenvalue weighted by molar-refractivity contribution is 0.115. The van der Waals surface area contributed by atoms with E-state index in [2.05, 4.69) is 6.92 Å². The van der Waals surface area contributed by atoms with Gasteiger partial charge in [0, 0.05) is 0 Å². The molecular weight excluding hydrogens is 284 g/mol. The second-order valence-corrected chi connectivity index (χ2v) is 8.09. The maximum Gasteiger partial charge on any atom is -0.0386 e. The largest absolute Gasteiger partial charge is 0.197 e. The molecule has 0 saturated heterocycles.